The van der Waals surface area contributed by atoms with Gasteiger partial charge in [0.1, 0.15) is 17.4 Å². The Balaban J connectivity index is 1.61. The quantitative estimate of drug-likeness (QED) is 0.543. The zero-order valence-corrected chi connectivity index (χ0v) is 16.4. The van der Waals surface area contributed by atoms with E-state index in [9.17, 15) is 13.4 Å². The molecule has 0 unspecified atom stereocenters. The van der Waals surface area contributed by atoms with Crippen molar-refractivity contribution < 1.29 is 13.4 Å². The first kappa shape index (κ1) is 20.3. The summed E-state index contributed by atoms with van der Waals surface area (Å²) in [4.78, 5) is 24.2. The third-order valence-corrected chi connectivity index (χ3v) is 4.86. The number of benzene rings is 2. The summed E-state index contributed by atoms with van der Waals surface area (Å²) in [7, 11) is -1.59. The van der Waals surface area contributed by atoms with Crippen LogP contribution >= 0.6 is 0 Å². The number of carbonyl (C=O) groups excluding carboxylic acids is 1. The van der Waals surface area contributed by atoms with E-state index in [-0.39, 0.29) is 29.2 Å². The second-order valence-electron chi connectivity index (χ2n) is 6.21. The Kier molecular flexibility index (Phi) is 6.45. The van der Waals surface area contributed by atoms with Gasteiger partial charge in [0.15, 0.2) is 0 Å². The number of nitrogens with one attached hydrogen (secondary N) is 2. The van der Waals surface area contributed by atoms with Gasteiger partial charge in [-0.25, -0.2) is 4.39 Å². The molecule has 1 amide bonds. The van der Waals surface area contributed by atoms with E-state index >= 15 is 0 Å². The Labute approximate surface area is 169 Å². The van der Waals surface area contributed by atoms with Crippen molar-refractivity contribution in [3.63, 3.8) is 0 Å². The predicted octanol–water partition coefficient (Wildman–Crippen LogP) is 2.53. The fourth-order valence-corrected chi connectivity index (χ4v) is 3.31. The number of carbonyl (C=O) groups is 1. The van der Waals surface area contributed by atoms with Gasteiger partial charge in [0.25, 0.3) is 0 Å². The third kappa shape index (κ3) is 6.32. The fourth-order valence-electron chi connectivity index (χ4n) is 2.43. The topological polar surface area (TPSA) is 123 Å². The van der Waals surface area contributed by atoms with Gasteiger partial charge in [-0.2, -0.15) is 15.0 Å². The number of amides is 1. The van der Waals surface area contributed by atoms with Crippen molar-refractivity contribution in [3.05, 3.63) is 65.7 Å². The molecule has 1 aromatic heterocycles. The lowest BCUT2D eigenvalue weighted by atomic mass is 10.2. The molecule has 0 aliphatic carbocycles. The smallest absolute Gasteiger partial charge is 0.237 e. The summed E-state index contributed by atoms with van der Waals surface area (Å²) in [5.74, 6) is -0.950. The summed E-state index contributed by atoms with van der Waals surface area (Å²) in [6, 6.07) is 13.0. The Morgan fingerprint density at radius 1 is 1.10 bits per heavy atom. The lowest BCUT2D eigenvalue weighted by Crippen LogP contribution is -2.21. The molecule has 0 aliphatic rings. The SMILES string of the molecule is Cc1ccc(Nc2nc(N)nc(C[S@@](=O)CC(=O)Nc3cccc(F)c3)n2)cc1. The van der Waals surface area contributed by atoms with Crippen LogP contribution in [0.1, 0.15) is 11.4 Å². The van der Waals surface area contributed by atoms with Crippen LogP contribution in [0.2, 0.25) is 0 Å². The Hall–Kier alpha value is -3.40. The fraction of sp³-hybridized carbons (Fsp3) is 0.158. The molecule has 0 saturated carbocycles. The molecule has 150 valence electrons. The predicted molar refractivity (Wildman–Crippen MR) is 110 cm³/mol. The Morgan fingerprint density at radius 3 is 2.59 bits per heavy atom. The van der Waals surface area contributed by atoms with E-state index in [0.717, 1.165) is 11.3 Å². The first-order valence-electron chi connectivity index (χ1n) is 8.62. The van der Waals surface area contributed by atoms with Crippen molar-refractivity contribution >= 4 is 40.0 Å². The summed E-state index contributed by atoms with van der Waals surface area (Å²) in [6.45, 7) is 1.97. The van der Waals surface area contributed by atoms with Gasteiger partial charge in [-0.05, 0) is 37.3 Å². The number of nitrogen functional groups attached to an aromatic ring is 1. The Bertz CT molecular complexity index is 1050. The van der Waals surface area contributed by atoms with E-state index in [1.54, 1.807) is 6.07 Å². The van der Waals surface area contributed by atoms with Gasteiger partial charge in [0, 0.05) is 22.2 Å². The van der Waals surface area contributed by atoms with E-state index in [4.69, 9.17) is 5.73 Å². The van der Waals surface area contributed by atoms with E-state index in [0.29, 0.717) is 5.69 Å². The van der Waals surface area contributed by atoms with Crippen LogP contribution in [0, 0.1) is 12.7 Å². The molecule has 0 bridgehead atoms. The number of hydrogen-bond donors (Lipinski definition) is 3. The number of aromatic nitrogens is 3. The molecule has 10 heteroatoms. The van der Waals surface area contributed by atoms with Crippen molar-refractivity contribution in [1.29, 1.82) is 0 Å². The first-order chi connectivity index (χ1) is 13.9. The zero-order chi connectivity index (χ0) is 20.8. The van der Waals surface area contributed by atoms with E-state index in [1.807, 2.05) is 31.2 Å². The molecule has 3 aromatic rings. The van der Waals surface area contributed by atoms with Crippen LogP contribution < -0.4 is 16.4 Å². The number of rotatable bonds is 7. The molecule has 0 aliphatic heterocycles. The summed E-state index contributed by atoms with van der Waals surface area (Å²) in [5.41, 5.74) is 7.88. The minimum Gasteiger partial charge on any atom is -0.368 e. The van der Waals surface area contributed by atoms with Crippen LogP contribution in [-0.2, 0) is 21.3 Å². The van der Waals surface area contributed by atoms with Crippen LogP contribution in [0.5, 0.6) is 0 Å². The summed E-state index contributed by atoms with van der Waals surface area (Å²) >= 11 is 0. The van der Waals surface area contributed by atoms with Crippen molar-refractivity contribution in [1.82, 2.24) is 15.0 Å². The van der Waals surface area contributed by atoms with Crippen LogP contribution in [0.25, 0.3) is 0 Å². The molecule has 0 radical (unpaired) electrons. The maximum Gasteiger partial charge on any atom is 0.237 e. The van der Waals surface area contributed by atoms with Gasteiger partial charge in [-0.3, -0.25) is 9.00 Å². The van der Waals surface area contributed by atoms with Gasteiger partial charge >= 0.3 is 0 Å². The summed E-state index contributed by atoms with van der Waals surface area (Å²) < 4.78 is 25.5. The molecular weight excluding hydrogens is 395 g/mol. The standard InChI is InChI=1S/C19H19FN6O2S/c1-12-5-7-14(8-6-12)23-19-25-16(24-18(21)26-19)10-29(28)11-17(27)22-15-4-2-3-13(20)9-15/h2-9H,10-11H2,1H3,(H,22,27)(H3,21,23,24,25,26)/t29-/m1/s1. The average Bonchev–Trinajstić information content (AvgIpc) is 2.63. The third-order valence-electron chi connectivity index (χ3n) is 3.70. The molecular formula is C19H19FN6O2S. The van der Waals surface area contributed by atoms with E-state index in [1.165, 1.54) is 18.2 Å². The van der Waals surface area contributed by atoms with Crippen molar-refractivity contribution in [2.24, 2.45) is 0 Å². The van der Waals surface area contributed by atoms with Crippen molar-refractivity contribution in [2.45, 2.75) is 12.7 Å². The maximum atomic E-state index is 13.2. The molecule has 3 rings (SSSR count). The first-order valence-corrected chi connectivity index (χ1v) is 10.1. The minimum atomic E-state index is -1.59. The number of aryl methyl sites for hydroxylation is 1. The second kappa shape index (κ2) is 9.20. The highest BCUT2D eigenvalue weighted by Gasteiger charge is 2.13. The van der Waals surface area contributed by atoms with Gasteiger partial charge in [-0.1, -0.05) is 23.8 Å². The highest BCUT2D eigenvalue weighted by Crippen LogP contribution is 2.15. The minimum absolute atomic E-state index is 0.0224. The highest BCUT2D eigenvalue weighted by atomic mass is 32.2. The average molecular weight is 414 g/mol. The van der Waals surface area contributed by atoms with Crippen LogP contribution in [0.15, 0.2) is 48.5 Å². The summed E-state index contributed by atoms with van der Waals surface area (Å²) in [6.07, 6.45) is 0. The monoisotopic (exact) mass is 414 g/mol. The number of halogens is 1. The molecule has 0 saturated heterocycles. The lowest BCUT2D eigenvalue weighted by Gasteiger charge is -2.08. The van der Waals surface area contributed by atoms with Gasteiger partial charge < -0.3 is 16.4 Å². The second-order valence-corrected chi connectivity index (χ2v) is 7.67. The van der Waals surface area contributed by atoms with Gasteiger partial charge in [0.05, 0.1) is 5.75 Å². The van der Waals surface area contributed by atoms with Crippen molar-refractivity contribution in [2.75, 3.05) is 22.1 Å². The lowest BCUT2D eigenvalue weighted by molar-refractivity contribution is -0.113. The van der Waals surface area contributed by atoms with Crippen LogP contribution in [0.3, 0.4) is 0 Å². The number of nitrogens with two attached hydrogens (primary N) is 1. The molecule has 2 aromatic carbocycles. The molecule has 0 fully saturated rings. The molecule has 29 heavy (non-hydrogen) atoms. The molecule has 4 N–H and O–H groups in total. The highest BCUT2D eigenvalue weighted by molar-refractivity contribution is 7.84. The number of nitrogens with zero attached hydrogens (tertiary/aromatic N) is 3. The molecule has 8 nitrogen and oxygen atoms in total. The van der Waals surface area contributed by atoms with Gasteiger partial charge in [-0.15, -0.1) is 0 Å². The normalized spacial score (nSPS) is 11.7. The van der Waals surface area contributed by atoms with E-state index < -0.39 is 22.5 Å². The van der Waals surface area contributed by atoms with Gasteiger partial charge in [0.2, 0.25) is 17.8 Å². The largest absolute Gasteiger partial charge is 0.368 e. The Morgan fingerprint density at radius 2 is 1.86 bits per heavy atom. The maximum absolute atomic E-state index is 13.2. The molecule has 1 heterocycles. The number of anilines is 4. The number of hydrogen-bond acceptors (Lipinski definition) is 7. The summed E-state index contributed by atoms with van der Waals surface area (Å²) in [5, 5.41) is 5.51. The van der Waals surface area contributed by atoms with Crippen LogP contribution in [0.4, 0.5) is 27.7 Å². The zero-order valence-electron chi connectivity index (χ0n) is 15.6. The van der Waals surface area contributed by atoms with Crippen LogP contribution in [-0.4, -0.2) is 30.8 Å². The molecule has 0 spiro atoms. The molecule has 1 atom stereocenters. The van der Waals surface area contributed by atoms with E-state index in [2.05, 4.69) is 25.6 Å². The van der Waals surface area contributed by atoms with Crippen molar-refractivity contribution in [3.8, 4) is 0 Å².